The molecule has 0 spiro atoms. The number of ether oxygens (including phenoxy) is 8. The highest BCUT2D eigenvalue weighted by atomic mass is 32.1. The number of hydrogen-bond donors (Lipinski definition) is 0. The average Bonchev–Trinajstić information content (AvgIpc) is 4.07. The third kappa shape index (κ3) is 6.04. The Morgan fingerprint density at radius 1 is 0.426 bits per heavy atom. The molecule has 16 heteroatoms. The summed E-state index contributed by atoms with van der Waals surface area (Å²) < 4.78 is 49.5. The quantitative estimate of drug-likeness (QED) is 0.125. The van der Waals surface area contributed by atoms with Crippen molar-refractivity contribution in [3.63, 3.8) is 0 Å². The second kappa shape index (κ2) is 14.8. The molecular formula is C38H36N2O8S6. The molecule has 282 valence electrons. The van der Waals surface area contributed by atoms with E-state index in [0.717, 1.165) is 145 Å². The Balaban J connectivity index is 1.08. The first kappa shape index (κ1) is 34.9. The first-order chi connectivity index (χ1) is 26.7. The number of hydrogen-bond acceptors (Lipinski definition) is 16. The molecule has 4 aliphatic rings. The molecule has 6 aromatic heterocycles. The van der Waals surface area contributed by atoms with Gasteiger partial charge in [0.25, 0.3) is 0 Å². The molecule has 0 aliphatic carbocycles. The molecule has 0 atom stereocenters. The molecule has 10 rings (SSSR count). The highest BCUT2D eigenvalue weighted by Gasteiger charge is 2.35. The van der Waals surface area contributed by atoms with Gasteiger partial charge in [0.05, 0.1) is 50.4 Å². The van der Waals surface area contributed by atoms with E-state index in [0.29, 0.717) is 52.9 Å². The van der Waals surface area contributed by atoms with E-state index in [1.165, 1.54) is 0 Å². The van der Waals surface area contributed by atoms with Gasteiger partial charge in [-0.25, -0.2) is 9.97 Å². The Kier molecular flexibility index (Phi) is 9.60. The molecular weight excluding hydrogens is 805 g/mol. The average molecular weight is 841 g/mol. The maximum Gasteiger partial charge on any atom is 0.181 e. The summed E-state index contributed by atoms with van der Waals surface area (Å²) >= 11 is 10.0. The van der Waals surface area contributed by atoms with Crippen LogP contribution in [0.5, 0.6) is 46.0 Å². The summed E-state index contributed by atoms with van der Waals surface area (Å²) in [7, 11) is 0. The molecule has 0 N–H and O–H groups in total. The Hall–Kier alpha value is -3.54. The smallest absolute Gasteiger partial charge is 0.181 e. The monoisotopic (exact) mass is 840 g/mol. The maximum absolute atomic E-state index is 6.40. The van der Waals surface area contributed by atoms with Crippen molar-refractivity contribution in [2.75, 3.05) is 52.9 Å². The van der Waals surface area contributed by atoms with E-state index in [4.69, 9.17) is 47.9 Å². The Morgan fingerprint density at radius 3 is 1.17 bits per heavy atom. The third-order valence-electron chi connectivity index (χ3n) is 9.34. The Morgan fingerprint density at radius 2 is 0.778 bits per heavy atom. The van der Waals surface area contributed by atoms with Crippen molar-refractivity contribution >= 4 is 68.0 Å². The van der Waals surface area contributed by atoms with E-state index in [1.807, 2.05) is 10.8 Å². The molecule has 10 nitrogen and oxygen atoms in total. The lowest BCUT2D eigenvalue weighted by Gasteiger charge is -2.18. The molecule has 4 aliphatic heterocycles. The van der Waals surface area contributed by atoms with Crippen molar-refractivity contribution in [1.82, 2.24) is 9.97 Å². The first-order valence-corrected chi connectivity index (χ1v) is 23.3. The van der Waals surface area contributed by atoms with Crippen LogP contribution < -0.4 is 37.9 Å². The Labute approximate surface area is 336 Å². The lowest BCUT2D eigenvalue weighted by molar-refractivity contribution is 0.172. The fourth-order valence-corrected chi connectivity index (χ4v) is 13.9. The summed E-state index contributed by atoms with van der Waals surface area (Å²) in [6, 6.07) is 0. The van der Waals surface area contributed by atoms with Gasteiger partial charge in [-0.05, 0) is 25.7 Å². The summed E-state index contributed by atoms with van der Waals surface area (Å²) in [6.07, 6.45) is 5.93. The second-order valence-corrected chi connectivity index (χ2v) is 18.7. The number of nitrogens with zero attached hydrogens (tertiary/aromatic N) is 2. The predicted octanol–water partition coefficient (Wildman–Crippen LogP) is 11.0. The standard InChI is InChI=1S/C38H36N2O8S6/c1-3-5-7-19-29(33-25-27(47-15-13-45-25)35(51-33)31-23-21(17-49-31)41-9-11-43-23)53-37(39-19)38-40-20(8-6-4-2)30(54-38)34-26-28(48-16-14-46-26)36(52-34)32-24-22(18-50-32)42-10-12-44-24/h17-18H,3-16H2,1-2H3. The van der Waals surface area contributed by atoms with Crippen LogP contribution in [-0.4, -0.2) is 62.8 Å². The number of unbranched alkanes of at least 4 members (excludes halogenated alkanes) is 2. The van der Waals surface area contributed by atoms with E-state index < -0.39 is 0 Å². The molecule has 0 radical (unpaired) electrons. The fourth-order valence-electron chi connectivity index (χ4n) is 6.81. The van der Waals surface area contributed by atoms with Crippen LogP contribution in [0.4, 0.5) is 0 Å². The number of thiazole rings is 2. The molecule has 0 unspecified atom stereocenters. The normalized spacial score (nSPS) is 15.5. The van der Waals surface area contributed by atoms with Gasteiger partial charge in [-0.1, -0.05) is 26.7 Å². The maximum atomic E-state index is 6.40. The topological polar surface area (TPSA) is 99.6 Å². The number of thiophene rings is 4. The molecule has 0 saturated heterocycles. The first-order valence-electron chi connectivity index (χ1n) is 18.3. The summed E-state index contributed by atoms with van der Waals surface area (Å²) in [4.78, 5) is 19.1. The zero-order valence-corrected chi connectivity index (χ0v) is 34.6. The van der Waals surface area contributed by atoms with E-state index in [2.05, 4.69) is 13.8 Å². The van der Waals surface area contributed by atoms with Gasteiger partial charge in [-0.2, -0.15) is 0 Å². The van der Waals surface area contributed by atoms with Crippen LogP contribution in [0.3, 0.4) is 0 Å². The van der Waals surface area contributed by atoms with E-state index in [-0.39, 0.29) is 0 Å². The molecule has 0 saturated carbocycles. The minimum atomic E-state index is 0.497. The minimum Gasteiger partial charge on any atom is -0.485 e. The van der Waals surface area contributed by atoms with Crippen molar-refractivity contribution in [1.29, 1.82) is 0 Å². The highest BCUT2D eigenvalue weighted by molar-refractivity contribution is 7.30. The molecule has 0 aromatic carbocycles. The van der Waals surface area contributed by atoms with Crippen LogP contribution in [0.25, 0.3) is 49.0 Å². The van der Waals surface area contributed by atoms with Crippen LogP contribution in [0.2, 0.25) is 0 Å². The minimum absolute atomic E-state index is 0.497. The van der Waals surface area contributed by atoms with Crippen LogP contribution in [0.1, 0.15) is 50.9 Å². The summed E-state index contributed by atoms with van der Waals surface area (Å²) in [5.74, 6) is 6.28. The zero-order valence-electron chi connectivity index (χ0n) is 29.7. The molecule has 54 heavy (non-hydrogen) atoms. The number of aryl methyl sites for hydroxylation is 2. The molecule has 0 bridgehead atoms. The van der Waals surface area contributed by atoms with Gasteiger partial charge in [0.1, 0.15) is 52.9 Å². The summed E-state index contributed by atoms with van der Waals surface area (Å²) in [6.45, 7) is 8.59. The van der Waals surface area contributed by atoms with Gasteiger partial charge in [-0.15, -0.1) is 68.0 Å². The van der Waals surface area contributed by atoms with Crippen LogP contribution in [0.15, 0.2) is 10.8 Å². The van der Waals surface area contributed by atoms with Crippen molar-refractivity contribution in [3.05, 3.63) is 22.1 Å². The Bertz CT molecular complexity index is 2170. The largest absolute Gasteiger partial charge is 0.485 e. The number of aromatic nitrogens is 2. The van der Waals surface area contributed by atoms with Crippen LogP contribution in [-0.2, 0) is 12.8 Å². The summed E-state index contributed by atoms with van der Waals surface area (Å²) in [5, 5.41) is 5.87. The van der Waals surface area contributed by atoms with Gasteiger partial charge in [0.2, 0.25) is 0 Å². The van der Waals surface area contributed by atoms with Crippen LogP contribution in [0, 0.1) is 0 Å². The molecule has 6 aromatic rings. The summed E-state index contributed by atoms with van der Waals surface area (Å²) in [5.41, 5.74) is 2.14. The molecule has 0 amide bonds. The fraction of sp³-hybridized carbons (Fsp3) is 0.421. The third-order valence-corrected chi connectivity index (χ3v) is 16.5. The highest BCUT2D eigenvalue weighted by Crippen LogP contribution is 2.62. The van der Waals surface area contributed by atoms with Crippen molar-refractivity contribution < 1.29 is 37.9 Å². The van der Waals surface area contributed by atoms with Gasteiger partial charge < -0.3 is 37.9 Å². The van der Waals surface area contributed by atoms with Gasteiger partial charge in [0, 0.05) is 10.8 Å². The lowest BCUT2D eigenvalue weighted by Crippen LogP contribution is -2.15. The SMILES string of the molecule is CCCCc1nc(-c2nc(CCCC)c(-c3sc(-c4scc5c4OCCO5)c4c3OCCO4)s2)sc1-c1sc(-c2scc3c2OCCO3)c2c1OCCO2. The van der Waals surface area contributed by atoms with E-state index in [1.54, 1.807) is 68.0 Å². The lowest BCUT2D eigenvalue weighted by atomic mass is 10.1. The number of fused-ring (bicyclic) bond motifs is 4. The van der Waals surface area contributed by atoms with Gasteiger partial charge in [-0.3, -0.25) is 0 Å². The van der Waals surface area contributed by atoms with E-state index >= 15 is 0 Å². The molecule has 10 heterocycles. The van der Waals surface area contributed by atoms with Gasteiger partial charge >= 0.3 is 0 Å². The van der Waals surface area contributed by atoms with E-state index in [9.17, 15) is 0 Å². The van der Waals surface area contributed by atoms with Gasteiger partial charge in [0.15, 0.2) is 56.0 Å². The number of rotatable bonds is 11. The predicted molar refractivity (Wildman–Crippen MR) is 218 cm³/mol. The van der Waals surface area contributed by atoms with Crippen LogP contribution >= 0.6 is 68.0 Å². The van der Waals surface area contributed by atoms with Crippen molar-refractivity contribution in [3.8, 4) is 95.0 Å². The second-order valence-electron chi connectivity index (χ2n) is 12.9. The van der Waals surface area contributed by atoms with Crippen molar-refractivity contribution in [2.24, 2.45) is 0 Å². The zero-order chi connectivity index (χ0) is 36.2. The van der Waals surface area contributed by atoms with Crippen molar-refractivity contribution in [2.45, 2.75) is 52.4 Å². The molecule has 0 fully saturated rings.